The molecule has 0 aliphatic heterocycles. The van der Waals surface area contributed by atoms with Crippen LogP contribution in [0.3, 0.4) is 0 Å². The zero-order valence-electron chi connectivity index (χ0n) is 18.7. The molecule has 29 heavy (non-hydrogen) atoms. The van der Waals surface area contributed by atoms with Gasteiger partial charge >= 0.3 is 0 Å². The third-order valence-corrected chi connectivity index (χ3v) is 8.10. The first kappa shape index (κ1) is 21.9. The lowest BCUT2D eigenvalue weighted by Crippen LogP contribution is -2.44. The van der Waals surface area contributed by atoms with Crippen molar-refractivity contribution in [3.05, 3.63) is 34.4 Å². The zero-order valence-corrected chi connectivity index (χ0v) is 18.7. The summed E-state index contributed by atoms with van der Waals surface area (Å²) < 4.78 is 0. The molecule has 2 bridgehead atoms. The molecule has 0 saturated heterocycles. The Hall–Kier alpha value is -1.80. The van der Waals surface area contributed by atoms with Crippen LogP contribution in [-0.2, 0) is 11.8 Å². The van der Waals surface area contributed by atoms with Crippen LogP contribution in [0, 0.1) is 28.1 Å². The van der Waals surface area contributed by atoms with E-state index in [1.54, 1.807) is 0 Å². The van der Waals surface area contributed by atoms with E-state index < -0.39 is 0 Å². The number of aryl methyl sites for hydroxylation is 1. The van der Waals surface area contributed by atoms with E-state index in [-0.39, 0.29) is 5.41 Å². The van der Waals surface area contributed by atoms with Gasteiger partial charge in [0.05, 0.1) is 11.1 Å². The lowest BCUT2D eigenvalue weighted by Gasteiger charge is -2.54. The molecule has 3 aliphatic carbocycles. The summed E-state index contributed by atoms with van der Waals surface area (Å²) in [6, 6.07) is 9.21. The lowest BCUT2D eigenvalue weighted by atomic mass is 9.50. The maximum atomic E-state index is 9.97. The topological polar surface area (TPSA) is 47.6 Å². The molecule has 0 aromatic heterocycles. The van der Waals surface area contributed by atoms with Crippen molar-refractivity contribution in [1.29, 1.82) is 10.5 Å². The molecule has 1 aromatic carbocycles. The molecule has 0 amide bonds. The molecule has 3 saturated carbocycles. The minimum Gasteiger partial charge on any atom is -0.192 e. The molecule has 0 heterocycles. The molecule has 1 aromatic rings. The van der Waals surface area contributed by atoms with Crippen LogP contribution >= 0.6 is 0 Å². The highest BCUT2D eigenvalue weighted by molar-refractivity contribution is 5.57. The van der Waals surface area contributed by atoms with Gasteiger partial charge < -0.3 is 0 Å². The van der Waals surface area contributed by atoms with Gasteiger partial charge in [-0.1, -0.05) is 64.5 Å². The van der Waals surface area contributed by atoms with E-state index in [2.05, 4.69) is 38.1 Å². The number of rotatable bonds is 10. The fourth-order valence-electron chi connectivity index (χ4n) is 6.05. The summed E-state index contributed by atoms with van der Waals surface area (Å²) in [4.78, 5) is 0. The normalized spacial score (nSPS) is 25.5. The first-order valence-electron chi connectivity index (χ1n) is 12.1. The van der Waals surface area contributed by atoms with Crippen molar-refractivity contribution in [1.82, 2.24) is 0 Å². The smallest absolute Gasteiger partial charge is 0.101 e. The number of nitriles is 2. The molecule has 0 radical (unpaired) electrons. The Balaban J connectivity index is 1.75. The molecule has 4 rings (SSSR count). The van der Waals surface area contributed by atoms with Crippen molar-refractivity contribution in [2.75, 3.05) is 0 Å². The van der Waals surface area contributed by atoms with Gasteiger partial charge in [-0.05, 0) is 79.7 Å². The zero-order chi connectivity index (χ0) is 20.7. The largest absolute Gasteiger partial charge is 0.192 e. The van der Waals surface area contributed by atoms with Gasteiger partial charge in [0.1, 0.15) is 12.1 Å². The minimum atomic E-state index is 0.143. The van der Waals surface area contributed by atoms with Crippen LogP contribution in [0.2, 0.25) is 0 Å². The molecule has 0 spiro atoms. The molecule has 3 fully saturated rings. The van der Waals surface area contributed by atoms with E-state index in [0.29, 0.717) is 16.5 Å². The van der Waals surface area contributed by atoms with E-state index in [1.807, 2.05) is 0 Å². The fourth-order valence-corrected chi connectivity index (χ4v) is 6.05. The number of unbranched alkanes of at least 4 members (excludes halogenated alkanes) is 5. The van der Waals surface area contributed by atoms with Gasteiger partial charge in [0.2, 0.25) is 0 Å². The van der Waals surface area contributed by atoms with Crippen LogP contribution in [0.25, 0.3) is 0 Å². The second-order valence-corrected chi connectivity index (χ2v) is 9.79. The van der Waals surface area contributed by atoms with E-state index >= 15 is 0 Å². The van der Waals surface area contributed by atoms with Crippen molar-refractivity contribution >= 4 is 0 Å². The van der Waals surface area contributed by atoms with E-state index in [1.165, 1.54) is 82.6 Å². The molecule has 0 unspecified atom stereocenters. The Morgan fingerprint density at radius 1 is 0.759 bits per heavy atom. The number of nitrogens with zero attached hydrogens (tertiary/aromatic N) is 2. The number of benzene rings is 1. The predicted molar refractivity (Wildman–Crippen MR) is 120 cm³/mol. The number of hydrogen-bond acceptors (Lipinski definition) is 2. The van der Waals surface area contributed by atoms with Crippen molar-refractivity contribution in [2.24, 2.45) is 5.41 Å². The summed E-state index contributed by atoms with van der Waals surface area (Å²) in [5.41, 5.74) is 4.32. The van der Waals surface area contributed by atoms with Crippen molar-refractivity contribution in [2.45, 2.75) is 116 Å². The van der Waals surface area contributed by atoms with E-state index in [9.17, 15) is 10.5 Å². The molecular formula is C27H38N2. The van der Waals surface area contributed by atoms with Crippen LogP contribution in [0.15, 0.2) is 12.1 Å². The average Bonchev–Trinajstić information content (AvgIpc) is 2.78. The highest BCUT2D eigenvalue weighted by Gasteiger charge is 2.49. The second-order valence-electron chi connectivity index (χ2n) is 9.79. The lowest BCUT2D eigenvalue weighted by molar-refractivity contribution is 0.0303. The van der Waals surface area contributed by atoms with Gasteiger partial charge in [-0.3, -0.25) is 0 Å². The van der Waals surface area contributed by atoms with Crippen LogP contribution in [0.5, 0.6) is 0 Å². The average molecular weight is 391 g/mol. The van der Waals surface area contributed by atoms with Gasteiger partial charge in [-0.2, -0.15) is 10.5 Å². The molecule has 3 aliphatic rings. The summed E-state index contributed by atoms with van der Waals surface area (Å²) in [5.74, 6) is 0. The quantitative estimate of drug-likeness (QED) is 0.384. The third kappa shape index (κ3) is 4.53. The Kier molecular flexibility index (Phi) is 7.40. The highest BCUT2D eigenvalue weighted by atomic mass is 14.5. The molecule has 0 N–H and O–H groups in total. The summed E-state index contributed by atoms with van der Waals surface area (Å²) in [6.45, 7) is 4.45. The maximum absolute atomic E-state index is 9.97. The molecular weight excluding hydrogens is 352 g/mol. The number of hydrogen-bond donors (Lipinski definition) is 0. The SMILES string of the molecule is CCCCCCCC12CCC(c3ccc(CCCC)c(C#N)c3C#N)(CC1)CC2. The summed E-state index contributed by atoms with van der Waals surface area (Å²) in [5, 5.41) is 19.8. The Bertz CT molecular complexity index is 752. The number of fused-ring (bicyclic) bond motifs is 3. The minimum absolute atomic E-state index is 0.143. The van der Waals surface area contributed by atoms with E-state index in [4.69, 9.17) is 0 Å². The Morgan fingerprint density at radius 3 is 1.97 bits per heavy atom. The molecule has 0 atom stereocenters. The third-order valence-electron chi connectivity index (χ3n) is 8.10. The molecule has 156 valence electrons. The Labute approximate surface area is 178 Å². The first-order chi connectivity index (χ1) is 14.1. The highest BCUT2D eigenvalue weighted by Crippen LogP contribution is 2.60. The van der Waals surface area contributed by atoms with Crippen molar-refractivity contribution in [3.63, 3.8) is 0 Å². The van der Waals surface area contributed by atoms with Crippen LogP contribution in [0.1, 0.15) is 126 Å². The summed E-state index contributed by atoms with van der Waals surface area (Å²) in [7, 11) is 0. The molecule has 2 heteroatoms. The summed E-state index contributed by atoms with van der Waals surface area (Å²) in [6.07, 6.45) is 18.9. The second kappa shape index (κ2) is 9.80. The van der Waals surface area contributed by atoms with Gasteiger partial charge in [0.25, 0.3) is 0 Å². The maximum Gasteiger partial charge on any atom is 0.101 e. The van der Waals surface area contributed by atoms with Gasteiger partial charge in [-0.15, -0.1) is 0 Å². The van der Waals surface area contributed by atoms with Crippen molar-refractivity contribution < 1.29 is 0 Å². The predicted octanol–water partition coefficient (Wildman–Crippen LogP) is 7.73. The monoisotopic (exact) mass is 390 g/mol. The van der Waals surface area contributed by atoms with Crippen molar-refractivity contribution in [3.8, 4) is 12.1 Å². The standard InChI is InChI=1S/C27H38N2/c1-3-5-7-8-9-13-26-14-17-27(18-15-26,19-16-26)25-12-11-22(10-6-4-2)23(20-28)24(25)21-29/h11-12H,3-10,13-19H2,1-2H3. The van der Waals surface area contributed by atoms with Crippen LogP contribution in [0.4, 0.5) is 0 Å². The van der Waals surface area contributed by atoms with Gasteiger partial charge in [0, 0.05) is 0 Å². The van der Waals surface area contributed by atoms with E-state index in [0.717, 1.165) is 24.8 Å². The van der Waals surface area contributed by atoms with Gasteiger partial charge in [-0.25, -0.2) is 0 Å². The van der Waals surface area contributed by atoms with Crippen LogP contribution < -0.4 is 0 Å². The Morgan fingerprint density at radius 2 is 1.38 bits per heavy atom. The fraction of sp³-hybridized carbons (Fsp3) is 0.704. The first-order valence-corrected chi connectivity index (χ1v) is 12.1. The van der Waals surface area contributed by atoms with Crippen LogP contribution in [-0.4, -0.2) is 0 Å². The molecule has 2 nitrogen and oxygen atoms in total. The summed E-state index contributed by atoms with van der Waals surface area (Å²) >= 11 is 0. The van der Waals surface area contributed by atoms with Gasteiger partial charge in [0.15, 0.2) is 0 Å².